The van der Waals surface area contributed by atoms with Gasteiger partial charge in [-0.15, -0.1) is 0 Å². The van der Waals surface area contributed by atoms with Crippen molar-refractivity contribution < 1.29 is 18.4 Å². The summed E-state index contributed by atoms with van der Waals surface area (Å²) in [4.78, 5) is 32.1. The van der Waals surface area contributed by atoms with Gasteiger partial charge in [0, 0.05) is 30.3 Å². The minimum Gasteiger partial charge on any atom is -0.308 e. The average molecular weight is 403 g/mol. The van der Waals surface area contributed by atoms with Gasteiger partial charge in [0.1, 0.15) is 11.3 Å². The molecular formula is C20H19F2N3O2S. The van der Waals surface area contributed by atoms with Crippen molar-refractivity contribution >= 4 is 38.4 Å². The zero-order valence-electron chi connectivity index (χ0n) is 15.7. The van der Waals surface area contributed by atoms with Crippen LogP contribution in [0, 0.1) is 11.6 Å². The number of carbonyl (C=O) groups excluding carboxylic acids is 2. The van der Waals surface area contributed by atoms with E-state index in [0.29, 0.717) is 34.0 Å². The summed E-state index contributed by atoms with van der Waals surface area (Å²) < 4.78 is 27.9. The Morgan fingerprint density at radius 3 is 2.29 bits per heavy atom. The van der Waals surface area contributed by atoms with Crippen LogP contribution in [-0.2, 0) is 0 Å². The molecule has 1 heterocycles. The summed E-state index contributed by atoms with van der Waals surface area (Å²) in [6.45, 7) is 2.34. The van der Waals surface area contributed by atoms with Crippen molar-refractivity contribution in [3.8, 4) is 0 Å². The third-order valence-corrected chi connectivity index (χ3v) is 5.21. The van der Waals surface area contributed by atoms with Gasteiger partial charge < -0.3 is 4.90 Å². The summed E-state index contributed by atoms with van der Waals surface area (Å²) in [6.07, 6.45) is 0. The van der Waals surface area contributed by atoms with Gasteiger partial charge in [-0.05, 0) is 39.2 Å². The van der Waals surface area contributed by atoms with Crippen molar-refractivity contribution in [2.45, 2.75) is 6.92 Å². The normalized spacial score (nSPS) is 11.2. The van der Waals surface area contributed by atoms with Gasteiger partial charge in [0.2, 0.25) is 0 Å². The molecule has 3 aromatic rings. The molecule has 0 saturated heterocycles. The molecular weight excluding hydrogens is 384 g/mol. The Bertz CT molecular complexity index is 1030. The number of ketones is 1. The number of fused-ring (bicyclic) bond motifs is 1. The van der Waals surface area contributed by atoms with Crippen LogP contribution in [0.15, 0.2) is 36.4 Å². The van der Waals surface area contributed by atoms with Crippen LogP contribution in [0.25, 0.3) is 10.2 Å². The first-order valence-electron chi connectivity index (χ1n) is 8.59. The van der Waals surface area contributed by atoms with Crippen LogP contribution in [-0.4, -0.2) is 48.8 Å². The van der Waals surface area contributed by atoms with Crippen molar-refractivity contribution in [1.82, 2.24) is 9.88 Å². The van der Waals surface area contributed by atoms with Crippen LogP contribution in [0.3, 0.4) is 0 Å². The maximum Gasteiger partial charge on any atom is 0.260 e. The number of benzene rings is 2. The van der Waals surface area contributed by atoms with E-state index in [1.807, 2.05) is 19.0 Å². The second kappa shape index (κ2) is 8.12. The van der Waals surface area contributed by atoms with Crippen molar-refractivity contribution in [2.24, 2.45) is 0 Å². The Morgan fingerprint density at radius 2 is 1.68 bits per heavy atom. The molecule has 0 spiro atoms. The molecule has 0 atom stereocenters. The number of aromatic nitrogens is 1. The fourth-order valence-corrected chi connectivity index (χ4v) is 3.68. The van der Waals surface area contributed by atoms with Gasteiger partial charge in [0.05, 0.1) is 4.70 Å². The van der Waals surface area contributed by atoms with E-state index in [4.69, 9.17) is 0 Å². The summed E-state index contributed by atoms with van der Waals surface area (Å²) >= 11 is 1.06. The third kappa shape index (κ3) is 4.23. The molecule has 5 nitrogen and oxygen atoms in total. The zero-order valence-corrected chi connectivity index (χ0v) is 16.5. The van der Waals surface area contributed by atoms with Gasteiger partial charge in [-0.1, -0.05) is 23.5 Å². The number of hydrogen-bond acceptors (Lipinski definition) is 5. The lowest BCUT2D eigenvalue weighted by molar-refractivity contribution is 0.0981. The smallest absolute Gasteiger partial charge is 0.260 e. The molecule has 1 aromatic heterocycles. The number of hydrogen-bond donors (Lipinski definition) is 0. The lowest BCUT2D eigenvalue weighted by Crippen LogP contribution is -2.36. The second-order valence-corrected chi connectivity index (χ2v) is 7.63. The largest absolute Gasteiger partial charge is 0.308 e. The second-order valence-electron chi connectivity index (χ2n) is 6.62. The Labute approximate surface area is 165 Å². The van der Waals surface area contributed by atoms with E-state index in [1.165, 1.54) is 17.9 Å². The predicted molar refractivity (Wildman–Crippen MR) is 106 cm³/mol. The SMILES string of the molecule is CC(=O)c1ccc(C(=O)N(CCN(C)C)c2nc3c(F)cc(F)cc3s2)cc1. The van der Waals surface area contributed by atoms with Gasteiger partial charge in [-0.3, -0.25) is 14.5 Å². The van der Waals surface area contributed by atoms with E-state index >= 15 is 0 Å². The molecule has 0 bridgehead atoms. The van der Waals surface area contributed by atoms with Gasteiger partial charge >= 0.3 is 0 Å². The highest BCUT2D eigenvalue weighted by Gasteiger charge is 2.23. The monoisotopic (exact) mass is 403 g/mol. The molecule has 0 aliphatic heterocycles. The molecule has 0 fully saturated rings. The number of anilines is 1. The van der Waals surface area contributed by atoms with Crippen LogP contribution in [0.5, 0.6) is 0 Å². The maximum atomic E-state index is 14.0. The Morgan fingerprint density at radius 1 is 1.04 bits per heavy atom. The predicted octanol–water partition coefficient (Wildman–Crippen LogP) is 3.99. The minimum atomic E-state index is -0.761. The van der Waals surface area contributed by atoms with Crippen LogP contribution in [0.2, 0.25) is 0 Å². The quantitative estimate of drug-likeness (QED) is 0.584. The van der Waals surface area contributed by atoms with E-state index in [9.17, 15) is 18.4 Å². The summed E-state index contributed by atoms with van der Waals surface area (Å²) in [6, 6.07) is 8.32. The van der Waals surface area contributed by atoms with E-state index in [1.54, 1.807) is 24.3 Å². The fraction of sp³-hybridized carbons (Fsp3) is 0.250. The van der Waals surface area contributed by atoms with Gasteiger partial charge in [0.25, 0.3) is 5.91 Å². The first-order valence-corrected chi connectivity index (χ1v) is 9.41. The standard InChI is InChI=1S/C20H19F2N3O2S/c1-12(26)13-4-6-14(7-5-13)19(27)25(9-8-24(2)3)20-23-18-16(22)10-15(21)11-17(18)28-20/h4-7,10-11H,8-9H2,1-3H3. The Kier molecular flexibility index (Phi) is 5.81. The number of thiazole rings is 1. The highest BCUT2D eigenvalue weighted by molar-refractivity contribution is 7.22. The molecule has 3 rings (SSSR count). The molecule has 0 unspecified atom stereocenters. The highest BCUT2D eigenvalue weighted by Crippen LogP contribution is 2.32. The molecule has 1 amide bonds. The number of halogens is 2. The average Bonchev–Trinajstić information content (AvgIpc) is 3.05. The topological polar surface area (TPSA) is 53.5 Å². The molecule has 28 heavy (non-hydrogen) atoms. The lowest BCUT2D eigenvalue weighted by Gasteiger charge is -2.22. The number of amides is 1. The third-order valence-electron chi connectivity index (χ3n) is 4.19. The molecule has 0 saturated carbocycles. The zero-order chi connectivity index (χ0) is 20.4. The fourth-order valence-electron chi connectivity index (χ4n) is 2.65. The molecule has 146 valence electrons. The number of likely N-dealkylation sites (N-methyl/N-ethyl adjacent to an activating group) is 1. The van der Waals surface area contributed by atoms with Gasteiger partial charge in [0.15, 0.2) is 16.7 Å². The number of nitrogens with zero attached hydrogens (tertiary/aromatic N) is 3. The number of carbonyl (C=O) groups is 2. The Balaban J connectivity index is 1.99. The number of Topliss-reactive ketones (excluding diaryl/α,β-unsaturated/α-hetero) is 1. The molecule has 0 radical (unpaired) electrons. The van der Waals surface area contributed by atoms with E-state index < -0.39 is 11.6 Å². The minimum absolute atomic E-state index is 0.0379. The molecule has 2 aromatic carbocycles. The maximum absolute atomic E-state index is 14.0. The van der Waals surface area contributed by atoms with Crippen LogP contribution >= 0.6 is 11.3 Å². The molecule has 0 aliphatic carbocycles. The van der Waals surface area contributed by atoms with E-state index in [0.717, 1.165) is 17.4 Å². The summed E-state index contributed by atoms with van der Waals surface area (Å²) in [5.41, 5.74) is 0.930. The van der Waals surface area contributed by atoms with Crippen molar-refractivity contribution in [3.05, 3.63) is 59.2 Å². The van der Waals surface area contributed by atoms with Crippen LogP contribution < -0.4 is 4.90 Å². The summed E-state index contributed by atoms with van der Waals surface area (Å²) in [5, 5.41) is 0.294. The van der Waals surface area contributed by atoms with E-state index in [2.05, 4.69) is 4.98 Å². The van der Waals surface area contributed by atoms with Gasteiger partial charge in [-0.25, -0.2) is 13.8 Å². The molecule has 0 N–H and O–H groups in total. The summed E-state index contributed by atoms with van der Waals surface area (Å²) in [7, 11) is 3.75. The first-order chi connectivity index (χ1) is 13.3. The van der Waals surface area contributed by atoms with E-state index in [-0.39, 0.29) is 17.2 Å². The van der Waals surface area contributed by atoms with Crippen molar-refractivity contribution in [1.29, 1.82) is 0 Å². The lowest BCUT2D eigenvalue weighted by atomic mass is 10.1. The van der Waals surface area contributed by atoms with Crippen molar-refractivity contribution in [3.63, 3.8) is 0 Å². The first kappa shape index (κ1) is 20.0. The van der Waals surface area contributed by atoms with Crippen molar-refractivity contribution in [2.75, 3.05) is 32.1 Å². The summed E-state index contributed by atoms with van der Waals surface area (Å²) in [5.74, 6) is -1.86. The van der Waals surface area contributed by atoms with Gasteiger partial charge in [-0.2, -0.15) is 0 Å². The molecule has 0 aliphatic rings. The highest BCUT2D eigenvalue weighted by atomic mass is 32.1. The number of rotatable bonds is 6. The van der Waals surface area contributed by atoms with Crippen LogP contribution in [0.1, 0.15) is 27.6 Å². The molecule has 8 heteroatoms. The van der Waals surface area contributed by atoms with Crippen LogP contribution in [0.4, 0.5) is 13.9 Å². The Hall–Kier alpha value is -2.71.